The number of carbonyl (C=O) groups excluding carboxylic acids is 1. The van der Waals surface area contributed by atoms with Crippen LogP contribution in [-0.2, 0) is 22.6 Å². The van der Waals surface area contributed by atoms with E-state index in [9.17, 15) is 9.59 Å². The van der Waals surface area contributed by atoms with Crippen LogP contribution in [0.2, 0.25) is 5.02 Å². The van der Waals surface area contributed by atoms with Gasteiger partial charge in [0.25, 0.3) is 5.56 Å². The summed E-state index contributed by atoms with van der Waals surface area (Å²) in [6.45, 7) is 0.164. The summed E-state index contributed by atoms with van der Waals surface area (Å²) in [4.78, 5) is 23.7. The number of aromatic nitrogens is 2. The molecule has 23 heavy (non-hydrogen) atoms. The molecule has 0 aliphatic rings. The van der Waals surface area contributed by atoms with Crippen LogP contribution in [0, 0.1) is 0 Å². The van der Waals surface area contributed by atoms with Gasteiger partial charge in [-0.05, 0) is 23.8 Å². The van der Waals surface area contributed by atoms with E-state index in [1.54, 1.807) is 48.5 Å². The van der Waals surface area contributed by atoms with E-state index in [0.29, 0.717) is 21.5 Å². The second-order valence-electron chi connectivity index (χ2n) is 5.01. The van der Waals surface area contributed by atoms with Crippen LogP contribution < -0.4 is 5.56 Å². The number of nitrogens with one attached hydrogen (secondary N) is 1. The summed E-state index contributed by atoms with van der Waals surface area (Å²) in [5, 5.41) is 8.14. The molecule has 1 aromatic heterocycles. The fourth-order valence-corrected chi connectivity index (χ4v) is 2.36. The number of carbonyl (C=O) groups is 1. The van der Waals surface area contributed by atoms with Gasteiger partial charge in [0, 0.05) is 10.4 Å². The molecule has 3 rings (SSSR count). The van der Waals surface area contributed by atoms with E-state index >= 15 is 0 Å². The predicted molar refractivity (Wildman–Crippen MR) is 87.3 cm³/mol. The van der Waals surface area contributed by atoms with Crippen LogP contribution in [0.5, 0.6) is 0 Å². The first-order valence-corrected chi connectivity index (χ1v) is 7.37. The highest BCUT2D eigenvalue weighted by Gasteiger charge is 2.11. The van der Waals surface area contributed by atoms with E-state index in [0.717, 1.165) is 5.56 Å². The Bertz CT molecular complexity index is 904. The summed E-state index contributed by atoms with van der Waals surface area (Å²) >= 11 is 5.80. The standard InChI is InChI=1S/C17H13ClN2O3/c18-12-7-5-11(6-8-12)10-23-16(21)9-15-13-3-1-2-4-14(13)17(22)20-19-15/h1-8H,9-10H2,(H,20,22). The number of fused-ring (bicyclic) bond motifs is 1. The van der Waals surface area contributed by atoms with Gasteiger partial charge in [0.05, 0.1) is 17.5 Å². The number of halogens is 1. The van der Waals surface area contributed by atoms with Gasteiger partial charge in [-0.25, -0.2) is 5.10 Å². The molecule has 0 aliphatic carbocycles. The molecule has 2 aromatic carbocycles. The minimum atomic E-state index is -0.412. The zero-order valence-corrected chi connectivity index (χ0v) is 12.8. The number of benzene rings is 2. The van der Waals surface area contributed by atoms with Gasteiger partial charge < -0.3 is 4.74 Å². The largest absolute Gasteiger partial charge is 0.461 e. The van der Waals surface area contributed by atoms with Crippen molar-refractivity contribution in [1.82, 2.24) is 10.2 Å². The summed E-state index contributed by atoms with van der Waals surface area (Å²) < 4.78 is 5.24. The minimum Gasteiger partial charge on any atom is -0.461 e. The number of H-pyrrole nitrogens is 1. The lowest BCUT2D eigenvalue weighted by Gasteiger charge is -2.06. The molecule has 0 saturated carbocycles. The topological polar surface area (TPSA) is 72.0 Å². The van der Waals surface area contributed by atoms with Gasteiger partial charge in [0.15, 0.2) is 0 Å². The zero-order valence-electron chi connectivity index (χ0n) is 12.1. The number of ether oxygens (including phenoxy) is 1. The number of nitrogens with zero attached hydrogens (tertiary/aromatic N) is 1. The Morgan fingerprint density at radius 3 is 2.52 bits per heavy atom. The second-order valence-corrected chi connectivity index (χ2v) is 5.45. The maximum atomic E-state index is 12.0. The van der Waals surface area contributed by atoms with Crippen LogP contribution >= 0.6 is 11.6 Å². The molecular weight excluding hydrogens is 316 g/mol. The lowest BCUT2D eigenvalue weighted by atomic mass is 10.1. The summed E-state index contributed by atoms with van der Waals surface area (Å²) in [7, 11) is 0. The van der Waals surface area contributed by atoms with E-state index < -0.39 is 5.97 Å². The molecular formula is C17H13ClN2O3. The van der Waals surface area contributed by atoms with Crippen molar-refractivity contribution in [2.75, 3.05) is 0 Å². The van der Waals surface area contributed by atoms with Crippen LogP contribution in [0.3, 0.4) is 0 Å². The fraction of sp³-hybridized carbons (Fsp3) is 0.118. The molecule has 116 valence electrons. The molecule has 0 bridgehead atoms. The van der Waals surface area contributed by atoms with Crippen molar-refractivity contribution in [1.29, 1.82) is 0 Å². The van der Waals surface area contributed by atoms with Crippen molar-refractivity contribution in [3.05, 3.63) is 75.2 Å². The maximum Gasteiger partial charge on any atom is 0.312 e. The van der Waals surface area contributed by atoms with Crippen LogP contribution in [0.25, 0.3) is 10.8 Å². The summed E-state index contributed by atoms with van der Waals surface area (Å²) in [5.41, 5.74) is 1.06. The molecule has 3 aromatic rings. The zero-order chi connectivity index (χ0) is 16.2. The number of aromatic amines is 1. The summed E-state index contributed by atoms with van der Waals surface area (Å²) in [5.74, 6) is -0.412. The average molecular weight is 329 g/mol. The Kier molecular flexibility index (Phi) is 4.39. The van der Waals surface area contributed by atoms with Gasteiger partial charge in [-0.2, -0.15) is 5.10 Å². The molecule has 6 heteroatoms. The fourth-order valence-electron chi connectivity index (χ4n) is 2.24. The van der Waals surface area contributed by atoms with Crippen molar-refractivity contribution in [3.63, 3.8) is 0 Å². The van der Waals surface area contributed by atoms with Gasteiger partial charge in [-0.15, -0.1) is 0 Å². The van der Waals surface area contributed by atoms with E-state index in [2.05, 4.69) is 10.2 Å². The van der Waals surface area contributed by atoms with Crippen molar-refractivity contribution >= 4 is 28.3 Å². The second kappa shape index (κ2) is 6.62. The Labute approximate surface area is 136 Å². The van der Waals surface area contributed by atoms with Gasteiger partial charge in [0.1, 0.15) is 6.61 Å². The number of esters is 1. The quantitative estimate of drug-likeness (QED) is 0.747. The van der Waals surface area contributed by atoms with Gasteiger partial charge in [-0.1, -0.05) is 41.9 Å². The van der Waals surface area contributed by atoms with Crippen molar-refractivity contribution in [2.24, 2.45) is 0 Å². The van der Waals surface area contributed by atoms with Crippen LogP contribution in [0.4, 0.5) is 0 Å². The molecule has 1 N–H and O–H groups in total. The van der Waals surface area contributed by atoms with Crippen LogP contribution in [-0.4, -0.2) is 16.2 Å². The smallest absolute Gasteiger partial charge is 0.312 e. The highest BCUT2D eigenvalue weighted by Crippen LogP contribution is 2.14. The van der Waals surface area contributed by atoms with Crippen LogP contribution in [0.15, 0.2) is 53.3 Å². The lowest BCUT2D eigenvalue weighted by Crippen LogP contribution is -2.15. The Hall–Kier alpha value is -2.66. The average Bonchev–Trinajstić information content (AvgIpc) is 2.57. The molecule has 0 radical (unpaired) electrons. The molecule has 0 aliphatic heterocycles. The highest BCUT2D eigenvalue weighted by atomic mass is 35.5. The van der Waals surface area contributed by atoms with Crippen molar-refractivity contribution < 1.29 is 9.53 Å². The first kappa shape index (κ1) is 15.2. The first-order chi connectivity index (χ1) is 11.1. The molecule has 0 fully saturated rings. The molecule has 0 saturated heterocycles. The predicted octanol–water partition coefficient (Wildman–Crippen LogP) is 2.86. The molecule has 1 heterocycles. The highest BCUT2D eigenvalue weighted by molar-refractivity contribution is 6.30. The Morgan fingerprint density at radius 1 is 1.09 bits per heavy atom. The first-order valence-electron chi connectivity index (χ1n) is 7.00. The molecule has 0 amide bonds. The number of hydrogen-bond acceptors (Lipinski definition) is 4. The Balaban J connectivity index is 1.72. The minimum absolute atomic E-state index is 0.00904. The monoisotopic (exact) mass is 328 g/mol. The number of hydrogen-bond donors (Lipinski definition) is 1. The molecule has 0 unspecified atom stereocenters. The molecule has 5 nitrogen and oxygen atoms in total. The maximum absolute atomic E-state index is 12.0. The summed E-state index contributed by atoms with van der Waals surface area (Å²) in [6.07, 6.45) is -0.00904. The van der Waals surface area contributed by atoms with E-state index in [-0.39, 0.29) is 18.6 Å². The molecule has 0 spiro atoms. The SMILES string of the molecule is O=C(Cc1n[nH]c(=O)c2ccccc12)OCc1ccc(Cl)cc1. The number of rotatable bonds is 4. The third-order valence-corrected chi connectivity index (χ3v) is 3.65. The normalized spacial score (nSPS) is 10.7. The third kappa shape index (κ3) is 3.57. The Morgan fingerprint density at radius 2 is 1.78 bits per heavy atom. The van der Waals surface area contributed by atoms with Crippen molar-refractivity contribution in [3.8, 4) is 0 Å². The summed E-state index contributed by atoms with van der Waals surface area (Å²) in [6, 6.07) is 14.1. The van der Waals surface area contributed by atoms with Gasteiger partial charge in [-0.3, -0.25) is 9.59 Å². The van der Waals surface area contributed by atoms with Crippen molar-refractivity contribution in [2.45, 2.75) is 13.0 Å². The van der Waals surface area contributed by atoms with E-state index in [1.807, 2.05) is 0 Å². The molecule has 0 atom stereocenters. The van der Waals surface area contributed by atoms with Crippen LogP contribution in [0.1, 0.15) is 11.3 Å². The lowest BCUT2D eigenvalue weighted by molar-refractivity contribution is -0.144. The van der Waals surface area contributed by atoms with Gasteiger partial charge >= 0.3 is 5.97 Å². The van der Waals surface area contributed by atoms with Gasteiger partial charge in [0.2, 0.25) is 0 Å². The van der Waals surface area contributed by atoms with E-state index in [1.165, 1.54) is 0 Å². The van der Waals surface area contributed by atoms with E-state index in [4.69, 9.17) is 16.3 Å². The third-order valence-electron chi connectivity index (χ3n) is 3.40.